The minimum Gasteiger partial charge on any atom is -0.354 e. The summed E-state index contributed by atoms with van der Waals surface area (Å²) in [6.07, 6.45) is 6.50. The van der Waals surface area contributed by atoms with E-state index in [1.807, 2.05) is 23.6 Å². The molecule has 1 fully saturated rings. The zero-order valence-corrected chi connectivity index (χ0v) is 18.4. The second-order valence-corrected chi connectivity index (χ2v) is 8.49. The van der Waals surface area contributed by atoms with Crippen LogP contribution in [0.15, 0.2) is 41.9 Å². The van der Waals surface area contributed by atoms with Crippen LogP contribution >= 0.6 is 23.7 Å². The Hall–Kier alpha value is -2.29. The highest BCUT2D eigenvalue weighted by molar-refractivity contribution is 7.09. The summed E-state index contributed by atoms with van der Waals surface area (Å²) in [6, 6.07) is 9.79. The number of nitrogens with zero attached hydrogens (tertiary/aromatic N) is 4. The topological polar surface area (TPSA) is 98.7 Å². The second-order valence-electron chi connectivity index (χ2n) is 7.51. The molecule has 0 radical (unpaired) electrons. The van der Waals surface area contributed by atoms with Crippen LogP contribution in [0.2, 0.25) is 0 Å². The summed E-state index contributed by atoms with van der Waals surface area (Å²) >= 11 is 1.59. The lowest BCUT2D eigenvalue weighted by Crippen LogP contribution is -2.31. The highest BCUT2D eigenvalue weighted by Crippen LogP contribution is 2.32. The van der Waals surface area contributed by atoms with E-state index in [0.717, 1.165) is 29.2 Å². The maximum atomic E-state index is 12.5. The zero-order chi connectivity index (χ0) is 20.1. The van der Waals surface area contributed by atoms with Crippen LogP contribution in [0.1, 0.15) is 41.1 Å². The fourth-order valence-electron chi connectivity index (χ4n) is 3.30. The molecule has 1 aromatic carbocycles. The van der Waals surface area contributed by atoms with Crippen molar-refractivity contribution in [2.45, 2.75) is 44.7 Å². The number of carbonyl (C=O) groups is 1. The van der Waals surface area contributed by atoms with E-state index >= 15 is 0 Å². The summed E-state index contributed by atoms with van der Waals surface area (Å²) < 4.78 is 1.68. The van der Waals surface area contributed by atoms with Crippen molar-refractivity contribution in [3.8, 4) is 0 Å². The third-order valence-corrected chi connectivity index (χ3v) is 5.82. The van der Waals surface area contributed by atoms with Gasteiger partial charge in [0.25, 0.3) is 0 Å². The fraction of sp³-hybridized carbons (Fsp3) is 0.429. The molecule has 4 rings (SSSR count). The predicted octanol–water partition coefficient (Wildman–Crippen LogP) is 2.71. The van der Waals surface area contributed by atoms with E-state index in [0.29, 0.717) is 24.7 Å². The number of rotatable bonds is 10. The largest absolute Gasteiger partial charge is 0.354 e. The molecule has 0 aliphatic heterocycles. The van der Waals surface area contributed by atoms with E-state index in [9.17, 15) is 4.79 Å². The third-order valence-electron chi connectivity index (χ3n) is 4.98. The van der Waals surface area contributed by atoms with Gasteiger partial charge in [-0.05, 0) is 30.7 Å². The normalized spacial score (nSPS) is 14.2. The van der Waals surface area contributed by atoms with Crippen molar-refractivity contribution in [3.05, 3.63) is 64.1 Å². The van der Waals surface area contributed by atoms with E-state index in [4.69, 9.17) is 10.7 Å². The van der Waals surface area contributed by atoms with Gasteiger partial charge in [0.05, 0.1) is 11.0 Å². The molecule has 2 aromatic heterocycles. The van der Waals surface area contributed by atoms with Crippen molar-refractivity contribution in [1.82, 2.24) is 25.1 Å². The molecule has 7 nitrogen and oxygen atoms in total. The van der Waals surface area contributed by atoms with Crippen molar-refractivity contribution in [1.29, 1.82) is 0 Å². The van der Waals surface area contributed by atoms with Crippen molar-refractivity contribution in [3.63, 3.8) is 0 Å². The minimum atomic E-state index is -0.305. The monoisotopic (exact) mass is 446 g/mol. The van der Waals surface area contributed by atoms with E-state index in [1.165, 1.54) is 12.8 Å². The molecule has 30 heavy (non-hydrogen) atoms. The Bertz CT molecular complexity index is 926. The van der Waals surface area contributed by atoms with Gasteiger partial charge in [-0.15, -0.1) is 23.7 Å². The van der Waals surface area contributed by atoms with E-state index < -0.39 is 0 Å². The highest BCUT2D eigenvalue weighted by atomic mass is 35.5. The van der Waals surface area contributed by atoms with Crippen LogP contribution in [-0.4, -0.2) is 32.2 Å². The van der Waals surface area contributed by atoms with Crippen molar-refractivity contribution >= 4 is 29.7 Å². The molecule has 1 saturated carbocycles. The van der Waals surface area contributed by atoms with E-state index in [2.05, 4.69) is 27.5 Å². The van der Waals surface area contributed by atoms with Crippen LogP contribution in [0, 0.1) is 5.92 Å². The summed E-state index contributed by atoms with van der Waals surface area (Å²) in [7, 11) is 0. The molecule has 9 heteroatoms. The SMILES string of the molecule is Cl.N[C@H](Cc1ccccc1)c1nc(CC2CC2)nn1CC(=O)NCCc1nccs1. The summed E-state index contributed by atoms with van der Waals surface area (Å²) in [4.78, 5) is 21.4. The number of halogens is 1. The number of hydrogen-bond acceptors (Lipinski definition) is 6. The van der Waals surface area contributed by atoms with Gasteiger partial charge in [0.1, 0.15) is 12.4 Å². The van der Waals surface area contributed by atoms with Gasteiger partial charge in [-0.3, -0.25) is 4.79 Å². The molecule has 160 valence electrons. The second kappa shape index (κ2) is 10.7. The number of nitrogens with one attached hydrogen (secondary N) is 1. The quantitative estimate of drug-likeness (QED) is 0.499. The molecule has 1 aliphatic rings. The molecule has 0 bridgehead atoms. The highest BCUT2D eigenvalue weighted by Gasteiger charge is 2.26. The van der Waals surface area contributed by atoms with Gasteiger partial charge in [-0.1, -0.05) is 30.3 Å². The number of carbonyl (C=O) groups excluding carboxylic acids is 1. The van der Waals surface area contributed by atoms with Gasteiger partial charge in [0.2, 0.25) is 5.91 Å². The van der Waals surface area contributed by atoms with Crippen molar-refractivity contribution in [2.75, 3.05) is 6.54 Å². The van der Waals surface area contributed by atoms with Crippen LogP contribution in [0.4, 0.5) is 0 Å². The van der Waals surface area contributed by atoms with Crippen LogP contribution < -0.4 is 11.1 Å². The van der Waals surface area contributed by atoms with Gasteiger partial charge >= 0.3 is 0 Å². The molecule has 3 aromatic rings. The molecule has 0 spiro atoms. The lowest BCUT2D eigenvalue weighted by atomic mass is 10.1. The molecular formula is C21H27ClN6OS. The molecule has 0 unspecified atom stereocenters. The first kappa shape index (κ1) is 22.4. The Morgan fingerprint density at radius 1 is 1.30 bits per heavy atom. The van der Waals surface area contributed by atoms with Gasteiger partial charge in [-0.2, -0.15) is 5.10 Å². The average Bonchev–Trinajstić information content (AvgIpc) is 3.20. The third kappa shape index (κ3) is 6.35. The van der Waals surface area contributed by atoms with Gasteiger partial charge < -0.3 is 11.1 Å². The Labute approximate surface area is 186 Å². The molecular weight excluding hydrogens is 420 g/mol. The lowest BCUT2D eigenvalue weighted by Gasteiger charge is -2.13. The number of hydrogen-bond donors (Lipinski definition) is 2. The van der Waals surface area contributed by atoms with Crippen LogP contribution in [-0.2, 0) is 30.6 Å². The van der Waals surface area contributed by atoms with Gasteiger partial charge in [-0.25, -0.2) is 14.6 Å². The summed E-state index contributed by atoms with van der Waals surface area (Å²) in [5.41, 5.74) is 7.61. The fourth-order valence-corrected chi connectivity index (χ4v) is 3.92. The maximum absolute atomic E-state index is 12.5. The standard InChI is InChI=1S/C21H26N6OS.ClH/c22-17(12-15-4-2-1-3-5-15)21-25-18(13-16-6-7-16)26-27(21)14-19(28)23-9-8-20-24-10-11-29-20;/h1-5,10-11,16-17H,6-9,12-14,22H2,(H,23,28);1H/t17-;/m1./s1. The number of benzene rings is 1. The van der Waals surface area contributed by atoms with E-state index in [-0.39, 0.29) is 30.9 Å². The van der Waals surface area contributed by atoms with Crippen LogP contribution in [0.5, 0.6) is 0 Å². The Morgan fingerprint density at radius 2 is 2.10 bits per heavy atom. The molecule has 0 saturated heterocycles. The first-order valence-corrected chi connectivity index (χ1v) is 10.9. The Balaban J connectivity index is 0.00000256. The Kier molecular flexibility index (Phi) is 7.95. The summed E-state index contributed by atoms with van der Waals surface area (Å²) in [5, 5.41) is 10.5. The molecule has 2 heterocycles. The van der Waals surface area contributed by atoms with Crippen molar-refractivity contribution < 1.29 is 4.79 Å². The lowest BCUT2D eigenvalue weighted by molar-refractivity contribution is -0.121. The first-order chi connectivity index (χ1) is 14.2. The molecule has 1 aliphatic carbocycles. The zero-order valence-electron chi connectivity index (χ0n) is 16.7. The number of nitrogens with two attached hydrogens (primary N) is 1. The van der Waals surface area contributed by atoms with E-state index in [1.54, 1.807) is 22.2 Å². The van der Waals surface area contributed by atoms with Crippen LogP contribution in [0.25, 0.3) is 0 Å². The number of thiazole rings is 1. The smallest absolute Gasteiger partial charge is 0.241 e. The molecule has 1 atom stereocenters. The molecule has 1 amide bonds. The predicted molar refractivity (Wildman–Crippen MR) is 120 cm³/mol. The number of amides is 1. The summed E-state index contributed by atoms with van der Waals surface area (Å²) in [5.74, 6) is 2.06. The average molecular weight is 447 g/mol. The molecule has 3 N–H and O–H groups in total. The Morgan fingerprint density at radius 3 is 2.80 bits per heavy atom. The van der Waals surface area contributed by atoms with Gasteiger partial charge in [0.15, 0.2) is 5.82 Å². The van der Waals surface area contributed by atoms with Crippen LogP contribution in [0.3, 0.4) is 0 Å². The summed E-state index contributed by atoms with van der Waals surface area (Å²) in [6.45, 7) is 0.689. The minimum absolute atomic E-state index is 0. The van der Waals surface area contributed by atoms with Gasteiger partial charge in [0, 0.05) is 31.0 Å². The number of aromatic nitrogens is 4. The van der Waals surface area contributed by atoms with Crippen molar-refractivity contribution in [2.24, 2.45) is 11.7 Å². The first-order valence-electron chi connectivity index (χ1n) is 10.1. The maximum Gasteiger partial charge on any atom is 0.241 e.